The van der Waals surface area contributed by atoms with Crippen molar-refractivity contribution in [2.45, 2.75) is 0 Å². The molecule has 10 rings (SSSR count). The van der Waals surface area contributed by atoms with E-state index >= 15 is 0 Å². The molecule has 0 saturated heterocycles. The number of H-pyrrole nitrogens is 2. The van der Waals surface area contributed by atoms with E-state index in [0.29, 0.717) is 11.3 Å². The number of rotatable bonds is 6. The number of amides is 1. The highest BCUT2D eigenvalue weighted by Crippen LogP contribution is 2.38. The van der Waals surface area contributed by atoms with Gasteiger partial charge in [0.05, 0.1) is 22.8 Å². The summed E-state index contributed by atoms with van der Waals surface area (Å²) >= 11 is 0. The maximum absolute atomic E-state index is 13.0. The lowest BCUT2D eigenvalue weighted by Gasteiger charge is -2.08. The molecule has 0 aliphatic carbocycles. The first kappa shape index (κ1) is 33.5. The molecule has 8 bridgehead atoms. The van der Waals surface area contributed by atoms with Gasteiger partial charge in [-0.05, 0) is 131 Å². The van der Waals surface area contributed by atoms with Gasteiger partial charge in [-0.25, -0.2) is 9.97 Å². The fourth-order valence-corrected chi connectivity index (χ4v) is 7.49. The summed E-state index contributed by atoms with van der Waals surface area (Å²) in [5.74, 6) is -0.169. The van der Waals surface area contributed by atoms with Crippen LogP contribution >= 0.6 is 0 Å². The Balaban J connectivity index is 1.27. The molecule has 9 nitrogen and oxygen atoms in total. The van der Waals surface area contributed by atoms with Crippen molar-refractivity contribution in [2.24, 2.45) is 0 Å². The Hall–Kier alpha value is -8.04. The minimum atomic E-state index is -0.169. The van der Waals surface area contributed by atoms with Crippen molar-refractivity contribution >= 4 is 58.0 Å². The van der Waals surface area contributed by atoms with Crippen LogP contribution in [0.2, 0.25) is 0 Å². The van der Waals surface area contributed by atoms with Crippen molar-refractivity contribution in [3.05, 3.63) is 181 Å². The van der Waals surface area contributed by atoms with Crippen LogP contribution in [0.5, 0.6) is 0 Å². The van der Waals surface area contributed by atoms with Crippen molar-refractivity contribution in [3.63, 3.8) is 0 Å². The van der Waals surface area contributed by atoms with E-state index in [2.05, 4.69) is 78.8 Å². The van der Waals surface area contributed by atoms with E-state index in [-0.39, 0.29) is 5.91 Å². The number of aromatic nitrogens is 7. The van der Waals surface area contributed by atoms with Crippen LogP contribution in [0.15, 0.2) is 152 Å². The zero-order chi connectivity index (χ0) is 38.1. The van der Waals surface area contributed by atoms with E-state index in [1.54, 1.807) is 49.3 Å². The number of aromatic amines is 2. The van der Waals surface area contributed by atoms with Gasteiger partial charge in [0.25, 0.3) is 5.91 Å². The molecule has 3 N–H and O–H groups in total. The lowest BCUT2D eigenvalue weighted by Crippen LogP contribution is -2.11. The zero-order valence-corrected chi connectivity index (χ0v) is 30.4. The van der Waals surface area contributed by atoms with Gasteiger partial charge in [0.15, 0.2) is 0 Å². The smallest absolute Gasteiger partial charge is 0.255 e. The van der Waals surface area contributed by atoms with Crippen molar-refractivity contribution < 1.29 is 4.79 Å². The molecule has 9 heteroatoms. The molecule has 0 radical (unpaired) electrons. The molecule has 2 aliphatic rings. The number of anilines is 1. The largest absolute Gasteiger partial charge is 0.354 e. The topological polar surface area (TPSA) is 125 Å². The molecule has 0 unspecified atom stereocenters. The van der Waals surface area contributed by atoms with Crippen LogP contribution in [0.1, 0.15) is 33.1 Å². The number of carbonyl (C=O) groups excluding carboxylic acids is 1. The molecule has 270 valence electrons. The van der Waals surface area contributed by atoms with Crippen LogP contribution in [0.25, 0.3) is 90.9 Å². The molecule has 8 heterocycles. The van der Waals surface area contributed by atoms with Crippen LogP contribution in [-0.4, -0.2) is 40.8 Å². The molecular weight excluding hydrogens is 705 g/mol. The number of carbonyl (C=O) groups is 1. The summed E-state index contributed by atoms with van der Waals surface area (Å²) in [6.07, 6.45) is 19.1. The van der Waals surface area contributed by atoms with Gasteiger partial charge in [-0.1, -0.05) is 30.3 Å². The van der Waals surface area contributed by atoms with E-state index in [4.69, 9.17) is 9.97 Å². The molecule has 6 aromatic heterocycles. The third-order valence-corrected chi connectivity index (χ3v) is 10.1. The Bertz CT molecular complexity index is 2990. The van der Waals surface area contributed by atoms with E-state index in [9.17, 15) is 4.79 Å². The second-order valence-corrected chi connectivity index (χ2v) is 13.6. The van der Waals surface area contributed by atoms with Gasteiger partial charge in [0.2, 0.25) is 0 Å². The summed E-state index contributed by atoms with van der Waals surface area (Å²) in [7, 11) is 0. The number of hydrogen-bond acceptors (Lipinski definition) is 6. The van der Waals surface area contributed by atoms with Crippen molar-refractivity contribution in [3.8, 4) is 44.5 Å². The Labute approximate surface area is 327 Å². The average molecular weight is 737 g/mol. The average Bonchev–Trinajstić information content (AvgIpc) is 4.11. The van der Waals surface area contributed by atoms with E-state index in [1.807, 2.05) is 78.9 Å². The predicted molar refractivity (Wildman–Crippen MR) is 228 cm³/mol. The number of pyridine rings is 3. The van der Waals surface area contributed by atoms with Gasteiger partial charge in [0.1, 0.15) is 0 Å². The normalized spacial score (nSPS) is 11.8. The Morgan fingerprint density at radius 2 is 0.754 bits per heavy atom. The molecule has 57 heavy (non-hydrogen) atoms. The quantitative estimate of drug-likeness (QED) is 0.156. The van der Waals surface area contributed by atoms with E-state index in [1.165, 1.54) is 0 Å². The van der Waals surface area contributed by atoms with Crippen LogP contribution in [0.4, 0.5) is 5.69 Å². The Kier molecular flexibility index (Phi) is 8.42. The molecule has 0 atom stereocenters. The highest BCUT2D eigenvalue weighted by molar-refractivity contribution is 6.05. The van der Waals surface area contributed by atoms with Crippen molar-refractivity contribution in [1.29, 1.82) is 0 Å². The number of nitrogens with one attached hydrogen (secondary N) is 3. The third-order valence-electron chi connectivity index (χ3n) is 10.1. The standard InChI is InChI=1S/C48H32N8O/c57-48(34-4-2-1-3-5-34)52-35-8-6-30(7-9-35)44-36-10-12-38(53-36)45(31-18-24-49-25-19-31)40-14-16-42(55-40)47(33-22-28-51-29-23-33)43-17-15-41(56-43)46(32-20-26-50-27-21-32)39-13-11-37(44)54-39/h1-29,53,56H,(H,52,57). The highest BCUT2D eigenvalue weighted by Gasteiger charge is 2.19. The molecule has 8 aromatic rings. The fourth-order valence-electron chi connectivity index (χ4n) is 7.49. The maximum atomic E-state index is 13.0. The first-order valence-electron chi connectivity index (χ1n) is 18.5. The lowest BCUT2D eigenvalue weighted by molar-refractivity contribution is 0.102. The first-order chi connectivity index (χ1) is 28.2. The van der Waals surface area contributed by atoms with Gasteiger partial charge >= 0.3 is 0 Å². The minimum Gasteiger partial charge on any atom is -0.354 e. The SMILES string of the molecule is O=C(Nc1ccc(-c2c3nc(c(-c4ccncc4)c4ccc([nH]4)c(-c4ccncc4)c4nc(c(-c5ccncc5)c5ccc2[nH]5)C=C4)C=C3)cc1)c1ccccc1. The molecule has 2 aromatic carbocycles. The summed E-state index contributed by atoms with van der Waals surface area (Å²) in [6.45, 7) is 0. The summed E-state index contributed by atoms with van der Waals surface area (Å²) in [5.41, 5.74) is 15.7. The van der Waals surface area contributed by atoms with E-state index in [0.717, 1.165) is 89.4 Å². The molecule has 2 aliphatic heterocycles. The molecule has 0 fully saturated rings. The predicted octanol–water partition coefficient (Wildman–Crippen LogP) is 10.8. The molecule has 1 amide bonds. The van der Waals surface area contributed by atoms with Crippen LogP contribution < -0.4 is 5.32 Å². The number of fused-ring (bicyclic) bond motifs is 8. The maximum Gasteiger partial charge on any atom is 0.255 e. The van der Waals surface area contributed by atoms with Gasteiger partial charge in [-0.2, -0.15) is 0 Å². The third kappa shape index (κ3) is 6.39. The highest BCUT2D eigenvalue weighted by atomic mass is 16.1. The summed E-state index contributed by atoms with van der Waals surface area (Å²) in [6, 6.07) is 37.5. The van der Waals surface area contributed by atoms with E-state index < -0.39 is 0 Å². The first-order valence-corrected chi connectivity index (χ1v) is 18.5. The Morgan fingerprint density at radius 1 is 0.404 bits per heavy atom. The van der Waals surface area contributed by atoms with Gasteiger partial charge < -0.3 is 15.3 Å². The fraction of sp³-hybridized carbons (Fsp3) is 0. The van der Waals surface area contributed by atoms with Crippen LogP contribution in [0, 0.1) is 0 Å². The van der Waals surface area contributed by atoms with Crippen molar-refractivity contribution in [1.82, 2.24) is 34.9 Å². The number of hydrogen-bond donors (Lipinski definition) is 3. The molecule has 0 saturated carbocycles. The molecular formula is C48H32N8O. The minimum absolute atomic E-state index is 0.169. The van der Waals surface area contributed by atoms with Gasteiger partial charge in [-0.3, -0.25) is 19.7 Å². The number of benzene rings is 2. The summed E-state index contributed by atoms with van der Waals surface area (Å²) in [5, 5.41) is 3.03. The second kappa shape index (κ2) is 14.3. The van der Waals surface area contributed by atoms with Crippen LogP contribution in [-0.2, 0) is 0 Å². The lowest BCUT2D eigenvalue weighted by atomic mass is 10.0. The monoisotopic (exact) mass is 736 g/mol. The summed E-state index contributed by atoms with van der Waals surface area (Å²) in [4.78, 5) is 44.1. The Morgan fingerprint density at radius 3 is 1.12 bits per heavy atom. The summed E-state index contributed by atoms with van der Waals surface area (Å²) < 4.78 is 0. The van der Waals surface area contributed by atoms with Gasteiger partial charge in [-0.15, -0.1) is 0 Å². The van der Waals surface area contributed by atoms with Gasteiger partial charge in [0, 0.05) is 92.8 Å². The molecule has 0 spiro atoms. The van der Waals surface area contributed by atoms with Crippen LogP contribution in [0.3, 0.4) is 0 Å². The number of nitrogens with zero attached hydrogens (tertiary/aromatic N) is 5. The zero-order valence-electron chi connectivity index (χ0n) is 30.4. The van der Waals surface area contributed by atoms with Crippen molar-refractivity contribution in [2.75, 3.05) is 5.32 Å². The second-order valence-electron chi connectivity index (χ2n) is 13.6.